The fourth-order valence-electron chi connectivity index (χ4n) is 3.95. The Morgan fingerprint density at radius 3 is 2.38 bits per heavy atom. The van der Waals surface area contributed by atoms with E-state index in [1.165, 1.54) is 58.0 Å². The van der Waals surface area contributed by atoms with E-state index in [2.05, 4.69) is 25.7 Å². The lowest BCUT2D eigenvalue weighted by atomic mass is 9.73. The van der Waals surface area contributed by atoms with Crippen molar-refractivity contribution in [2.24, 2.45) is 0 Å². The van der Waals surface area contributed by atoms with Crippen LogP contribution in [0.4, 0.5) is 0 Å². The minimum absolute atomic E-state index is 0.445. The molecule has 1 fully saturated rings. The number of hydrogen-bond donors (Lipinski definition) is 0. The third-order valence-electron chi connectivity index (χ3n) is 5.02. The fourth-order valence-corrected chi connectivity index (χ4v) is 3.95. The fraction of sp³-hybridized carbons (Fsp3) is 0.867. The Labute approximate surface area is 101 Å². The maximum Gasteiger partial charge on any atom is 0.0417 e. The Morgan fingerprint density at radius 1 is 1.12 bits per heavy atom. The van der Waals surface area contributed by atoms with Crippen molar-refractivity contribution in [3.05, 3.63) is 11.1 Å². The van der Waals surface area contributed by atoms with E-state index in [-0.39, 0.29) is 0 Å². The van der Waals surface area contributed by atoms with Gasteiger partial charge < -0.3 is 0 Å². The standard InChI is InChI=1S/C15H27N/c1-4-14-9-8-10-15(5-2,13(14)3)16-11-6-7-12-16/h4-12H2,1-3H3. The van der Waals surface area contributed by atoms with E-state index in [1.54, 1.807) is 11.1 Å². The Balaban J connectivity index is 2.31. The lowest BCUT2D eigenvalue weighted by Gasteiger charge is -2.46. The van der Waals surface area contributed by atoms with Gasteiger partial charge >= 0.3 is 0 Å². The average molecular weight is 221 g/mol. The van der Waals surface area contributed by atoms with E-state index in [0.717, 1.165) is 0 Å². The number of likely N-dealkylation sites (tertiary alicyclic amines) is 1. The van der Waals surface area contributed by atoms with Crippen LogP contribution in [0, 0.1) is 0 Å². The van der Waals surface area contributed by atoms with Crippen LogP contribution in [0.2, 0.25) is 0 Å². The largest absolute Gasteiger partial charge is 0.294 e. The summed E-state index contributed by atoms with van der Waals surface area (Å²) >= 11 is 0. The molecule has 0 radical (unpaired) electrons. The average Bonchev–Trinajstić information content (AvgIpc) is 2.84. The molecular formula is C15H27N. The first kappa shape index (κ1) is 12.2. The highest BCUT2D eigenvalue weighted by atomic mass is 15.2. The molecule has 2 rings (SSSR count). The molecule has 0 N–H and O–H groups in total. The van der Waals surface area contributed by atoms with E-state index < -0.39 is 0 Å². The van der Waals surface area contributed by atoms with Gasteiger partial charge in [-0.2, -0.15) is 0 Å². The van der Waals surface area contributed by atoms with Gasteiger partial charge in [0.1, 0.15) is 0 Å². The second-order valence-corrected chi connectivity index (χ2v) is 5.51. The Hall–Kier alpha value is -0.300. The van der Waals surface area contributed by atoms with Crippen molar-refractivity contribution < 1.29 is 0 Å². The summed E-state index contributed by atoms with van der Waals surface area (Å²) in [4.78, 5) is 2.79. The molecule has 1 heteroatoms. The molecule has 0 spiro atoms. The molecule has 1 heterocycles. The monoisotopic (exact) mass is 221 g/mol. The van der Waals surface area contributed by atoms with Crippen molar-refractivity contribution in [2.75, 3.05) is 13.1 Å². The van der Waals surface area contributed by atoms with Crippen LogP contribution in [-0.4, -0.2) is 23.5 Å². The highest BCUT2D eigenvalue weighted by Crippen LogP contribution is 2.42. The lowest BCUT2D eigenvalue weighted by Crippen LogP contribution is -2.49. The number of nitrogens with zero attached hydrogens (tertiary/aromatic N) is 1. The quantitative estimate of drug-likeness (QED) is 0.647. The zero-order valence-electron chi connectivity index (χ0n) is 11.3. The predicted molar refractivity (Wildman–Crippen MR) is 70.7 cm³/mol. The van der Waals surface area contributed by atoms with Crippen molar-refractivity contribution in [3.63, 3.8) is 0 Å². The van der Waals surface area contributed by atoms with Crippen molar-refractivity contribution in [1.82, 2.24) is 4.90 Å². The summed E-state index contributed by atoms with van der Waals surface area (Å²) in [6, 6.07) is 0. The molecule has 1 unspecified atom stereocenters. The van der Waals surface area contributed by atoms with Crippen molar-refractivity contribution in [2.45, 2.75) is 71.3 Å². The SMILES string of the molecule is CCC1=C(C)C(CC)(N2CCCC2)CCC1. The molecular weight excluding hydrogens is 194 g/mol. The maximum atomic E-state index is 2.79. The molecule has 0 saturated carbocycles. The van der Waals surface area contributed by atoms with Gasteiger partial charge in [0.15, 0.2) is 0 Å². The van der Waals surface area contributed by atoms with Gasteiger partial charge in [-0.25, -0.2) is 0 Å². The van der Waals surface area contributed by atoms with Gasteiger partial charge in [-0.05, 0) is 65.0 Å². The lowest BCUT2D eigenvalue weighted by molar-refractivity contribution is 0.126. The first-order chi connectivity index (χ1) is 7.74. The number of hydrogen-bond acceptors (Lipinski definition) is 1. The summed E-state index contributed by atoms with van der Waals surface area (Å²) in [5.74, 6) is 0. The molecule has 0 aromatic heterocycles. The molecule has 1 saturated heterocycles. The Bertz CT molecular complexity index is 273. The molecule has 1 atom stereocenters. The smallest absolute Gasteiger partial charge is 0.0417 e. The number of allylic oxidation sites excluding steroid dienone is 1. The predicted octanol–water partition coefficient (Wildman–Crippen LogP) is 4.14. The van der Waals surface area contributed by atoms with E-state index in [9.17, 15) is 0 Å². The first-order valence-electron chi connectivity index (χ1n) is 7.18. The van der Waals surface area contributed by atoms with Crippen LogP contribution in [0.1, 0.15) is 65.7 Å². The minimum atomic E-state index is 0.445. The van der Waals surface area contributed by atoms with Crippen LogP contribution in [0.5, 0.6) is 0 Å². The van der Waals surface area contributed by atoms with Gasteiger partial charge in [-0.3, -0.25) is 4.90 Å². The first-order valence-corrected chi connectivity index (χ1v) is 7.18. The normalized spacial score (nSPS) is 32.4. The number of rotatable bonds is 3. The molecule has 0 aromatic carbocycles. The highest BCUT2D eigenvalue weighted by Gasteiger charge is 2.40. The van der Waals surface area contributed by atoms with Crippen LogP contribution in [0.15, 0.2) is 11.1 Å². The van der Waals surface area contributed by atoms with Gasteiger partial charge in [0, 0.05) is 5.54 Å². The summed E-state index contributed by atoms with van der Waals surface area (Å²) in [6.07, 6.45) is 9.57. The van der Waals surface area contributed by atoms with E-state index in [4.69, 9.17) is 0 Å². The topological polar surface area (TPSA) is 3.24 Å². The van der Waals surface area contributed by atoms with Crippen molar-refractivity contribution >= 4 is 0 Å². The second-order valence-electron chi connectivity index (χ2n) is 5.51. The van der Waals surface area contributed by atoms with Crippen molar-refractivity contribution in [1.29, 1.82) is 0 Å². The van der Waals surface area contributed by atoms with E-state index in [0.29, 0.717) is 5.54 Å². The highest BCUT2D eigenvalue weighted by molar-refractivity contribution is 5.28. The van der Waals surface area contributed by atoms with Crippen LogP contribution < -0.4 is 0 Å². The summed E-state index contributed by atoms with van der Waals surface area (Å²) in [6.45, 7) is 9.80. The van der Waals surface area contributed by atoms with Gasteiger partial charge in [0.05, 0.1) is 0 Å². The summed E-state index contributed by atoms with van der Waals surface area (Å²) in [5, 5.41) is 0. The van der Waals surface area contributed by atoms with Crippen LogP contribution in [0.3, 0.4) is 0 Å². The van der Waals surface area contributed by atoms with Gasteiger partial charge in [0.25, 0.3) is 0 Å². The van der Waals surface area contributed by atoms with E-state index >= 15 is 0 Å². The van der Waals surface area contributed by atoms with Crippen LogP contribution >= 0.6 is 0 Å². The molecule has 0 amide bonds. The van der Waals surface area contributed by atoms with Gasteiger partial charge in [-0.15, -0.1) is 0 Å². The molecule has 0 bridgehead atoms. The molecule has 0 aromatic rings. The third kappa shape index (κ3) is 1.84. The summed E-state index contributed by atoms with van der Waals surface area (Å²) < 4.78 is 0. The van der Waals surface area contributed by atoms with Crippen LogP contribution in [-0.2, 0) is 0 Å². The minimum Gasteiger partial charge on any atom is -0.294 e. The molecule has 1 aliphatic carbocycles. The molecule has 1 aliphatic heterocycles. The van der Waals surface area contributed by atoms with Crippen molar-refractivity contribution in [3.8, 4) is 0 Å². The van der Waals surface area contributed by atoms with Gasteiger partial charge in [0.2, 0.25) is 0 Å². The van der Waals surface area contributed by atoms with E-state index in [1.807, 2.05) is 0 Å². The molecule has 92 valence electrons. The Morgan fingerprint density at radius 2 is 1.81 bits per heavy atom. The third-order valence-corrected chi connectivity index (χ3v) is 5.02. The second kappa shape index (κ2) is 4.91. The summed E-state index contributed by atoms with van der Waals surface area (Å²) in [7, 11) is 0. The Kier molecular flexibility index (Phi) is 3.73. The zero-order chi connectivity index (χ0) is 11.6. The zero-order valence-corrected chi connectivity index (χ0v) is 11.3. The van der Waals surface area contributed by atoms with Crippen LogP contribution in [0.25, 0.3) is 0 Å². The van der Waals surface area contributed by atoms with Gasteiger partial charge in [-0.1, -0.05) is 25.0 Å². The molecule has 1 nitrogen and oxygen atoms in total. The molecule has 2 aliphatic rings. The molecule has 16 heavy (non-hydrogen) atoms. The summed E-state index contributed by atoms with van der Waals surface area (Å²) in [5.41, 5.74) is 3.92. The maximum absolute atomic E-state index is 2.79.